The maximum absolute atomic E-state index is 12.8. The van der Waals surface area contributed by atoms with Crippen molar-refractivity contribution < 1.29 is 9.59 Å². The number of pyridine rings is 1. The quantitative estimate of drug-likeness (QED) is 0.409. The van der Waals surface area contributed by atoms with Gasteiger partial charge < -0.3 is 10.6 Å². The Kier molecular flexibility index (Phi) is 6.47. The second kappa shape index (κ2) is 9.80. The Bertz CT molecular complexity index is 1440. The number of nitrogens with one attached hydrogen (secondary N) is 2. The number of amides is 2. The molecule has 0 radical (unpaired) electrons. The number of anilines is 2. The van der Waals surface area contributed by atoms with Crippen LogP contribution in [0.5, 0.6) is 0 Å². The summed E-state index contributed by atoms with van der Waals surface area (Å²) in [5, 5.41) is 14.8. The van der Waals surface area contributed by atoms with Crippen molar-refractivity contribution in [2.75, 3.05) is 10.6 Å². The number of hydrogen-bond donors (Lipinski definition) is 2. The molecule has 2 amide bonds. The van der Waals surface area contributed by atoms with E-state index < -0.39 is 0 Å². The van der Waals surface area contributed by atoms with E-state index in [2.05, 4.69) is 21.7 Å². The lowest BCUT2D eigenvalue weighted by molar-refractivity contribution is 0.101. The van der Waals surface area contributed by atoms with Crippen molar-refractivity contribution in [1.82, 2.24) is 4.98 Å². The van der Waals surface area contributed by atoms with Crippen molar-refractivity contribution in [2.45, 2.75) is 13.8 Å². The molecule has 6 nitrogen and oxygen atoms in total. The Balaban J connectivity index is 1.54. The first-order chi connectivity index (χ1) is 16.4. The van der Waals surface area contributed by atoms with E-state index >= 15 is 0 Å². The van der Waals surface area contributed by atoms with Gasteiger partial charge in [0.05, 0.1) is 23.0 Å². The molecule has 34 heavy (non-hydrogen) atoms. The molecule has 6 heteroatoms. The lowest BCUT2D eigenvalue weighted by Crippen LogP contribution is -2.13. The monoisotopic (exact) mass is 446 g/mol. The van der Waals surface area contributed by atoms with Crippen LogP contribution in [0.2, 0.25) is 0 Å². The van der Waals surface area contributed by atoms with Gasteiger partial charge in [0.2, 0.25) is 0 Å². The van der Waals surface area contributed by atoms with E-state index in [0.29, 0.717) is 28.1 Å². The predicted molar refractivity (Wildman–Crippen MR) is 133 cm³/mol. The summed E-state index contributed by atoms with van der Waals surface area (Å²) >= 11 is 0. The van der Waals surface area contributed by atoms with Crippen molar-refractivity contribution in [1.29, 1.82) is 5.26 Å². The fourth-order valence-corrected chi connectivity index (χ4v) is 3.64. The Labute approximate surface area is 197 Å². The zero-order valence-electron chi connectivity index (χ0n) is 18.8. The van der Waals surface area contributed by atoms with Gasteiger partial charge in [-0.15, -0.1) is 0 Å². The number of carbonyl (C=O) groups excluding carboxylic acids is 2. The van der Waals surface area contributed by atoms with Crippen molar-refractivity contribution in [2.24, 2.45) is 0 Å². The maximum atomic E-state index is 12.8. The van der Waals surface area contributed by atoms with Gasteiger partial charge in [-0.2, -0.15) is 5.26 Å². The van der Waals surface area contributed by atoms with Crippen LogP contribution in [0.1, 0.15) is 37.5 Å². The van der Waals surface area contributed by atoms with Crippen molar-refractivity contribution in [3.8, 4) is 17.2 Å². The number of hydrogen-bond acceptors (Lipinski definition) is 4. The molecule has 0 bridgehead atoms. The van der Waals surface area contributed by atoms with Crippen molar-refractivity contribution in [3.63, 3.8) is 0 Å². The molecule has 0 saturated carbocycles. The molecule has 2 N–H and O–H groups in total. The molecular weight excluding hydrogens is 424 g/mol. The minimum atomic E-state index is -0.260. The van der Waals surface area contributed by atoms with Crippen LogP contribution in [0.25, 0.3) is 11.1 Å². The maximum Gasteiger partial charge on any atom is 0.255 e. The number of aryl methyl sites for hydroxylation is 2. The van der Waals surface area contributed by atoms with Gasteiger partial charge in [-0.3, -0.25) is 14.6 Å². The van der Waals surface area contributed by atoms with E-state index in [0.717, 1.165) is 22.4 Å². The molecule has 0 saturated heterocycles. The average Bonchev–Trinajstić information content (AvgIpc) is 2.85. The Morgan fingerprint density at radius 1 is 0.824 bits per heavy atom. The van der Waals surface area contributed by atoms with Crippen LogP contribution in [0.4, 0.5) is 11.4 Å². The third kappa shape index (κ3) is 5.00. The molecule has 0 aliphatic rings. The first kappa shape index (κ1) is 22.4. The first-order valence-electron chi connectivity index (χ1n) is 10.7. The number of rotatable bonds is 5. The summed E-state index contributed by atoms with van der Waals surface area (Å²) in [7, 11) is 0. The van der Waals surface area contributed by atoms with Crippen LogP contribution in [0, 0.1) is 25.2 Å². The molecule has 166 valence electrons. The van der Waals surface area contributed by atoms with Gasteiger partial charge in [-0.05, 0) is 85.1 Å². The number of benzene rings is 3. The minimum absolute atomic E-state index is 0.216. The molecular formula is C28H22N4O2. The van der Waals surface area contributed by atoms with Crippen LogP contribution in [-0.4, -0.2) is 16.8 Å². The zero-order chi connectivity index (χ0) is 24.1. The fourth-order valence-electron chi connectivity index (χ4n) is 3.64. The number of nitriles is 1. The van der Waals surface area contributed by atoms with Gasteiger partial charge in [0.25, 0.3) is 11.8 Å². The Morgan fingerprint density at radius 3 is 2.35 bits per heavy atom. The van der Waals surface area contributed by atoms with Crippen LogP contribution in [0.15, 0.2) is 85.1 Å². The Hall–Kier alpha value is -4.76. The zero-order valence-corrected chi connectivity index (χ0v) is 18.8. The van der Waals surface area contributed by atoms with E-state index in [4.69, 9.17) is 5.26 Å². The van der Waals surface area contributed by atoms with E-state index in [9.17, 15) is 9.59 Å². The SMILES string of the molecule is Cc1cc(C(=O)Nc2cccc(C#N)c2)ccc1-c1cccc(C(=O)Nc2cccnc2C)c1. The molecule has 0 spiro atoms. The third-order valence-corrected chi connectivity index (χ3v) is 5.43. The van der Waals surface area contributed by atoms with Crippen LogP contribution < -0.4 is 10.6 Å². The van der Waals surface area contributed by atoms with Crippen LogP contribution >= 0.6 is 0 Å². The van der Waals surface area contributed by atoms with E-state index in [1.165, 1.54) is 0 Å². The molecule has 4 rings (SSSR count). The predicted octanol–water partition coefficient (Wildman–Crippen LogP) is 5.74. The second-order valence-electron chi connectivity index (χ2n) is 7.85. The molecule has 0 unspecified atom stereocenters. The summed E-state index contributed by atoms with van der Waals surface area (Å²) in [6, 6.07) is 25.2. The lowest BCUT2D eigenvalue weighted by atomic mass is 9.96. The average molecular weight is 447 g/mol. The smallest absolute Gasteiger partial charge is 0.255 e. The summed E-state index contributed by atoms with van der Waals surface area (Å²) in [5.41, 5.74) is 6.20. The molecule has 0 aliphatic carbocycles. The number of aromatic nitrogens is 1. The highest BCUT2D eigenvalue weighted by atomic mass is 16.2. The topological polar surface area (TPSA) is 94.9 Å². The number of nitrogens with zero attached hydrogens (tertiary/aromatic N) is 2. The first-order valence-corrected chi connectivity index (χ1v) is 10.7. The lowest BCUT2D eigenvalue weighted by Gasteiger charge is -2.12. The highest BCUT2D eigenvalue weighted by Crippen LogP contribution is 2.26. The van der Waals surface area contributed by atoms with Gasteiger partial charge in [0.15, 0.2) is 0 Å². The van der Waals surface area contributed by atoms with Gasteiger partial charge in [-0.1, -0.05) is 24.3 Å². The van der Waals surface area contributed by atoms with E-state index in [1.807, 2.05) is 50.2 Å². The summed E-state index contributed by atoms with van der Waals surface area (Å²) in [5.74, 6) is -0.476. The van der Waals surface area contributed by atoms with Gasteiger partial charge in [0.1, 0.15) is 0 Å². The third-order valence-electron chi connectivity index (χ3n) is 5.43. The fraction of sp³-hybridized carbons (Fsp3) is 0.0714. The highest BCUT2D eigenvalue weighted by Gasteiger charge is 2.13. The summed E-state index contributed by atoms with van der Waals surface area (Å²) in [6.07, 6.45) is 1.68. The van der Waals surface area contributed by atoms with Crippen molar-refractivity contribution in [3.05, 3.63) is 113 Å². The summed E-state index contributed by atoms with van der Waals surface area (Å²) < 4.78 is 0. The summed E-state index contributed by atoms with van der Waals surface area (Å²) in [4.78, 5) is 29.7. The number of carbonyl (C=O) groups is 2. The van der Waals surface area contributed by atoms with E-state index in [1.54, 1.807) is 48.7 Å². The highest BCUT2D eigenvalue weighted by molar-refractivity contribution is 6.06. The van der Waals surface area contributed by atoms with Crippen molar-refractivity contribution >= 4 is 23.2 Å². The molecule has 0 aliphatic heterocycles. The van der Waals surface area contributed by atoms with Gasteiger partial charge in [0, 0.05) is 23.0 Å². The molecule has 0 fully saturated rings. The molecule has 4 aromatic rings. The largest absolute Gasteiger partial charge is 0.322 e. The molecule has 1 heterocycles. The van der Waals surface area contributed by atoms with Gasteiger partial charge >= 0.3 is 0 Å². The van der Waals surface area contributed by atoms with Gasteiger partial charge in [-0.25, -0.2) is 0 Å². The van der Waals surface area contributed by atoms with Crippen LogP contribution in [-0.2, 0) is 0 Å². The molecule has 0 atom stereocenters. The normalized spacial score (nSPS) is 10.3. The second-order valence-corrected chi connectivity index (χ2v) is 7.85. The van der Waals surface area contributed by atoms with E-state index in [-0.39, 0.29) is 11.8 Å². The Morgan fingerprint density at radius 2 is 1.59 bits per heavy atom. The minimum Gasteiger partial charge on any atom is -0.322 e. The summed E-state index contributed by atoms with van der Waals surface area (Å²) in [6.45, 7) is 3.77. The standard InChI is InChI=1S/C28H22N4O2/c1-18-14-23(27(33)31-24-9-3-6-20(15-24)17-29)11-12-25(18)21-7-4-8-22(16-21)28(34)32-26-10-5-13-30-19(26)2/h3-16H,1-2H3,(H,31,33)(H,32,34). The molecule has 1 aromatic heterocycles. The molecule has 3 aromatic carbocycles. The van der Waals surface area contributed by atoms with Crippen LogP contribution in [0.3, 0.4) is 0 Å².